The van der Waals surface area contributed by atoms with Crippen molar-refractivity contribution in [1.82, 2.24) is 4.57 Å². The Morgan fingerprint density at radius 1 is 1.20 bits per heavy atom. The summed E-state index contributed by atoms with van der Waals surface area (Å²) < 4.78 is 15.9. The van der Waals surface area contributed by atoms with Crippen LogP contribution >= 0.6 is 11.6 Å². The molecule has 0 radical (unpaired) electrons. The smallest absolute Gasteiger partial charge is 0.146 e. The second kappa shape index (κ2) is 4.99. The molecule has 3 rings (SSSR count). The first-order valence-electron chi connectivity index (χ1n) is 6.11. The number of nitrogens with zero attached hydrogens (tertiary/aromatic N) is 2. The zero-order chi connectivity index (χ0) is 14.1. The van der Waals surface area contributed by atoms with Crippen molar-refractivity contribution in [2.45, 2.75) is 6.54 Å². The van der Waals surface area contributed by atoms with E-state index in [0.29, 0.717) is 17.7 Å². The molecule has 0 atom stereocenters. The number of nitriles is 1. The van der Waals surface area contributed by atoms with Gasteiger partial charge in [-0.3, -0.25) is 0 Å². The third-order valence-corrected chi connectivity index (χ3v) is 3.56. The lowest BCUT2D eigenvalue weighted by molar-refractivity contribution is 0.602. The SMILES string of the molecule is N#Cc1ccc2c(ccn2Cc2cccc(Cl)c2F)c1. The minimum absolute atomic E-state index is 0.130. The van der Waals surface area contributed by atoms with Crippen molar-refractivity contribution in [3.05, 3.63) is 70.6 Å². The van der Waals surface area contributed by atoms with Crippen LogP contribution in [-0.4, -0.2) is 4.57 Å². The first kappa shape index (κ1) is 12.7. The Morgan fingerprint density at radius 3 is 2.85 bits per heavy atom. The summed E-state index contributed by atoms with van der Waals surface area (Å²) in [7, 11) is 0. The highest BCUT2D eigenvalue weighted by atomic mass is 35.5. The molecule has 2 aromatic carbocycles. The van der Waals surface area contributed by atoms with E-state index in [2.05, 4.69) is 6.07 Å². The third-order valence-electron chi connectivity index (χ3n) is 3.27. The first-order valence-corrected chi connectivity index (χ1v) is 6.49. The van der Waals surface area contributed by atoms with Gasteiger partial charge in [-0.2, -0.15) is 5.26 Å². The van der Waals surface area contributed by atoms with Crippen molar-refractivity contribution in [3.8, 4) is 6.07 Å². The maximum atomic E-state index is 13.9. The molecule has 1 heterocycles. The maximum Gasteiger partial charge on any atom is 0.146 e. The fourth-order valence-electron chi connectivity index (χ4n) is 2.26. The molecule has 2 nitrogen and oxygen atoms in total. The second-order valence-electron chi connectivity index (χ2n) is 4.54. The monoisotopic (exact) mass is 284 g/mol. The molecule has 4 heteroatoms. The van der Waals surface area contributed by atoms with Crippen LogP contribution in [0.5, 0.6) is 0 Å². The molecule has 0 bridgehead atoms. The fourth-order valence-corrected chi connectivity index (χ4v) is 2.46. The van der Waals surface area contributed by atoms with E-state index in [4.69, 9.17) is 16.9 Å². The van der Waals surface area contributed by atoms with Crippen LogP contribution in [0.3, 0.4) is 0 Å². The molecule has 0 aliphatic rings. The van der Waals surface area contributed by atoms with Crippen LogP contribution < -0.4 is 0 Å². The number of benzene rings is 2. The molecule has 98 valence electrons. The number of hydrogen-bond acceptors (Lipinski definition) is 1. The zero-order valence-electron chi connectivity index (χ0n) is 10.5. The van der Waals surface area contributed by atoms with Crippen molar-refractivity contribution in [1.29, 1.82) is 5.26 Å². The molecule has 3 aromatic rings. The summed E-state index contributed by atoms with van der Waals surface area (Å²) in [5, 5.41) is 9.98. The zero-order valence-corrected chi connectivity index (χ0v) is 11.2. The summed E-state index contributed by atoms with van der Waals surface area (Å²) in [5.41, 5.74) is 2.12. The Morgan fingerprint density at radius 2 is 2.05 bits per heavy atom. The highest BCUT2D eigenvalue weighted by Crippen LogP contribution is 2.22. The predicted octanol–water partition coefficient (Wildman–Crippen LogP) is 4.35. The summed E-state index contributed by atoms with van der Waals surface area (Å²) in [4.78, 5) is 0. The second-order valence-corrected chi connectivity index (χ2v) is 4.95. The van der Waals surface area contributed by atoms with E-state index in [1.807, 2.05) is 29.0 Å². The van der Waals surface area contributed by atoms with E-state index in [0.717, 1.165) is 10.9 Å². The minimum Gasteiger partial charge on any atom is -0.343 e. The van der Waals surface area contributed by atoms with Gasteiger partial charge in [-0.25, -0.2) is 4.39 Å². The summed E-state index contributed by atoms with van der Waals surface area (Å²) in [5.74, 6) is -0.385. The molecule has 0 N–H and O–H groups in total. The third kappa shape index (κ3) is 2.15. The van der Waals surface area contributed by atoms with Crippen LogP contribution in [0.25, 0.3) is 10.9 Å². The van der Waals surface area contributed by atoms with E-state index >= 15 is 0 Å². The predicted molar refractivity (Wildman–Crippen MR) is 77.2 cm³/mol. The van der Waals surface area contributed by atoms with Crippen molar-refractivity contribution in [3.63, 3.8) is 0 Å². The van der Waals surface area contributed by atoms with Crippen molar-refractivity contribution >= 4 is 22.5 Å². The van der Waals surface area contributed by atoms with E-state index in [-0.39, 0.29) is 10.8 Å². The van der Waals surface area contributed by atoms with Gasteiger partial charge >= 0.3 is 0 Å². The molecule has 0 aliphatic carbocycles. The first-order chi connectivity index (χ1) is 9.69. The lowest BCUT2D eigenvalue weighted by Gasteiger charge is -2.07. The Balaban J connectivity index is 2.03. The van der Waals surface area contributed by atoms with Gasteiger partial charge < -0.3 is 4.57 Å². The van der Waals surface area contributed by atoms with Gasteiger partial charge in [0.05, 0.1) is 23.2 Å². The van der Waals surface area contributed by atoms with Crippen molar-refractivity contribution < 1.29 is 4.39 Å². The molecule has 0 amide bonds. The average molecular weight is 285 g/mol. The number of halogens is 2. The maximum absolute atomic E-state index is 13.9. The largest absolute Gasteiger partial charge is 0.343 e. The number of hydrogen-bond donors (Lipinski definition) is 0. The van der Waals surface area contributed by atoms with E-state index < -0.39 is 0 Å². The molecule has 20 heavy (non-hydrogen) atoms. The Labute approximate surface area is 120 Å². The number of rotatable bonds is 2. The number of fused-ring (bicyclic) bond motifs is 1. The van der Waals surface area contributed by atoms with Crippen molar-refractivity contribution in [2.24, 2.45) is 0 Å². The lowest BCUT2D eigenvalue weighted by Crippen LogP contribution is -2.00. The molecule has 0 saturated carbocycles. The highest BCUT2D eigenvalue weighted by molar-refractivity contribution is 6.30. The molecular formula is C16H10ClFN2. The molecule has 1 aromatic heterocycles. The minimum atomic E-state index is -0.385. The molecule has 0 fully saturated rings. The van der Waals surface area contributed by atoms with E-state index in [9.17, 15) is 4.39 Å². The molecule has 0 aliphatic heterocycles. The number of aromatic nitrogens is 1. The standard InChI is InChI=1S/C16H10ClFN2/c17-14-3-1-2-13(16(14)18)10-20-7-6-12-8-11(9-19)4-5-15(12)20/h1-8H,10H2. The van der Waals surface area contributed by atoms with Crippen LogP contribution in [-0.2, 0) is 6.54 Å². The van der Waals surface area contributed by atoms with Crippen LogP contribution in [0.4, 0.5) is 4.39 Å². The fraction of sp³-hybridized carbons (Fsp3) is 0.0625. The van der Waals surface area contributed by atoms with Crippen LogP contribution in [0, 0.1) is 17.1 Å². The molecular weight excluding hydrogens is 275 g/mol. The van der Waals surface area contributed by atoms with Gasteiger partial charge in [0.1, 0.15) is 5.82 Å². The van der Waals surface area contributed by atoms with Crippen LogP contribution in [0.15, 0.2) is 48.7 Å². The normalized spacial score (nSPS) is 10.7. The van der Waals surface area contributed by atoms with Crippen molar-refractivity contribution in [2.75, 3.05) is 0 Å². The Hall–Kier alpha value is -2.31. The topological polar surface area (TPSA) is 28.7 Å². The molecule has 0 unspecified atom stereocenters. The summed E-state index contributed by atoms with van der Waals surface area (Å²) >= 11 is 5.79. The van der Waals surface area contributed by atoms with Gasteiger partial charge in [0.15, 0.2) is 0 Å². The van der Waals surface area contributed by atoms with Gasteiger partial charge in [0.2, 0.25) is 0 Å². The average Bonchev–Trinajstić information content (AvgIpc) is 2.86. The lowest BCUT2D eigenvalue weighted by atomic mass is 10.1. The Kier molecular flexibility index (Phi) is 3.17. The highest BCUT2D eigenvalue weighted by Gasteiger charge is 2.08. The molecule has 0 saturated heterocycles. The summed E-state index contributed by atoms with van der Waals surface area (Å²) in [6, 6.07) is 14.5. The van der Waals surface area contributed by atoms with Gasteiger partial charge in [-0.15, -0.1) is 0 Å². The Bertz CT molecular complexity index is 830. The summed E-state index contributed by atoms with van der Waals surface area (Å²) in [6.45, 7) is 0.405. The van der Waals surface area contributed by atoms with Gasteiger partial charge in [0.25, 0.3) is 0 Å². The summed E-state index contributed by atoms with van der Waals surface area (Å²) in [6.07, 6.45) is 1.88. The van der Waals surface area contributed by atoms with Gasteiger partial charge in [-0.1, -0.05) is 23.7 Å². The quantitative estimate of drug-likeness (QED) is 0.687. The van der Waals surface area contributed by atoms with Crippen LogP contribution in [0.1, 0.15) is 11.1 Å². The van der Waals surface area contributed by atoms with Gasteiger partial charge in [-0.05, 0) is 30.3 Å². The van der Waals surface area contributed by atoms with E-state index in [1.165, 1.54) is 6.07 Å². The molecule has 0 spiro atoms. The van der Waals surface area contributed by atoms with Crippen LogP contribution in [0.2, 0.25) is 5.02 Å². The van der Waals surface area contributed by atoms with Gasteiger partial charge in [0, 0.05) is 22.7 Å². The van der Waals surface area contributed by atoms with E-state index in [1.54, 1.807) is 18.2 Å².